The molecule has 0 unspecified atom stereocenters. The highest BCUT2D eigenvalue weighted by Gasteiger charge is 2.15. The molecule has 54 valence electrons. The number of rotatable bonds is 1. The van der Waals surface area contributed by atoms with Gasteiger partial charge in [0.05, 0.1) is 0 Å². The molecule has 0 bridgehead atoms. The van der Waals surface area contributed by atoms with Crippen LogP contribution in [0, 0.1) is 17.8 Å². The van der Waals surface area contributed by atoms with E-state index in [1.54, 1.807) is 0 Å². The van der Waals surface area contributed by atoms with E-state index < -0.39 is 5.97 Å². The monoisotopic (exact) mass is 138 g/mol. The van der Waals surface area contributed by atoms with Crippen molar-refractivity contribution >= 4 is 5.97 Å². The minimum Gasteiger partial charge on any atom is -0.472 e. The average molecular weight is 138 g/mol. The van der Waals surface area contributed by atoms with Crippen LogP contribution < -0.4 is 0 Å². The lowest BCUT2D eigenvalue weighted by molar-refractivity contribution is -0.130. The van der Waals surface area contributed by atoms with E-state index in [0.717, 1.165) is 6.42 Å². The van der Waals surface area contributed by atoms with E-state index in [-0.39, 0.29) is 0 Å². The fourth-order valence-electron chi connectivity index (χ4n) is 0.968. The first kappa shape index (κ1) is 7.14. The number of aliphatic carboxylic acids is 1. The van der Waals surface area contributed by atoms with Gasteiger partial charge in [0.15, 0.2) is 0 Å². The molecule has 0 heterocycles. The van der Waals surface area contributed by atoms with Crippen molar-refractivity contribution in [2.75, 3.05) is 0 Å². The van der Waals surface area contributed by atoms with Gasteiger partial charge in [0.25, 0.3) is 0 Å². The molecule has 2 heteroatoms. The van der Waals surface area contributed by atoms with Gasteiger partial charge in [0.1, 0.15) is 0 Å². The van der Waals surface area contributed by atoms with Crippen LogP contribution in [0.3, 0.4) is 0 Å². The van der Waals surface area contributed by atoms with Crippen molar-refractivity contribution in [3.05, 3.63) is 0 Å². The highest BCUT2D eigenvalue weighted by molar-refractivity contribution is 5.86. The van der Waals surface area contributed by atoms with Crippen LogP contribution in [0.4, 0.5) is 0 Å². The van der Waals surface area contributed by atoms with Crippen molar-refractivity contribution < 1.29 is 9.90 Å². The maximum atomic E-state index is 9.91. The molecule has 1 saturated carbocycles. The predicted octanol–water partition coefficient (Wildman–Crippen LogP) is 1.26. The van der Waals surface area contributed by atoms with Gasteiger partial charge in [-0.25, -0.2) is 4.79 Å². The van der Waals surface area contributed by atoms with Crippen molar-refractivity contribution in [2.24, 2.45) is 5.92 Å². The van der Waals surface area contributed by atoms with E-state index in [9.17, 15) is 4.79 Å². The molecule has 0 atom stereocenters. The molecule has 0 aromatic carbocycles. The Hall–Kier alpha value is -0.970. The van der Waals surface area contributed by atoms with E-state index in [0.29, 0.717) is 5.92 Å². The Morgan fingerprint density at radius 3 is 2.70 bits per heavy atom. The van der Waals surface area contributed by atoms with Crippen LogP contribution in [0.25, 0.3) is 0 Å². The predicted molar refractivity (Wildman–Crippen MR) is 37.4 cm³/mol. The van der Waals surface area contributed by atoms with Crippen molar-refractivity contribution in [1.29, 1.82) is 0 Å². The molecule has 0 amide bonds. The lowest BCUT2D eigenvalue weighted by Crippen LogP contribution is -2.09. The van der Waals surface area contributed by atoms with Crippen LogP contribution >= 0.6 is 0 Å². The molecule has 1 aliphatic carbocycles. The molecule has 0 saturated heterocycles. The summed E-state index contributed by atoms with van der Waals surface area (Å²) in [5.41, 5.74) is 0. The molecule has 1 fully saturated rings. The lowest BCUT2D eigenvalue weighted by atomic mass is 9.83. The molecule has 0 aromatic rings. The third kappa shape index (κ3) is 2.10. The molecule has 1 N–H and O–H groups in total. The molecular weight excluding hydrogens is 128 g/mol. The number of carboxylic acids is 1. The molecule has 2 nitrogen and oxygen atoms in total. The minimum atomic E-state index is -1.01. The van der Waals surface area contributed by atoms with Crippen LogP contribution in [0.15, 0.2) is 0 Å². The van der Waals surface area contributed by atoms with E-state index in [1.807, 2.05) is 0 Å². The van der Waals surface area contributed by atoms with Gasteiger partial charge in [-0.05, 0) is 18.8 Å². The molecule has 0 spiro atoms. The van der Waals surface area contributed by atoms with Crippen LogP contribution in [0.1, 0.15) is 25.7 Å². The zero-order chi connectivity index (χ0) is 7.40. The lowest BCUT2D eigenvalue weighted by Gasteiger charge is -2.22. The van der Waals surface area contributed by atoms with Crippen molar-refractivity contribution in [1.82, 2.24) is 0 Å². The molecule has 1 rings (SSSR count). The fraction of sp³-hybridized carbons (Fsp3) is 0.625. The van der Waals surface area contributed by atoms with Crippen LogP contribution in [0.5, 0.6) is 0 Å². The first-order chi connectivity index (χ1) is 4.79. The summed E-state index contributed by atoms with van der Waals surface area (Å²) in [5, 5.41) is 8.14. The summed E-state index contributed by atoms with van der Waals surface area (Å²) in [5.74, 6) is 4.42. The standard InChI is InChI=1S/C8H10O2/c9-8(10)6-2-5-7-3-1-4-7/h7H,1,3-5H2,(H,9,10). The second kappa shape index (κ2) is 3.26. The summed E-state index contributed by atoms with van der Waals surface area (Å²) in [4.78, 5) is 9.91. The zero-order valence-electron chi connectivity index (χ0n) is 5.76. The number of carbonyl (C=O) groups is 1. The summed E-state index contributed by atoms with van der Waals surface area (Å²) in [6.07, 6.45) is 4.52. The Kier molecular flexibility index (Phi) is 2.33. The van der Waals surface area contributed by atoms with Gasteiger partial charge in [-0.3, -0.25) is 0 Å². The minimum absolute atomic E-state index is 0.687. The highest BCUT2D eigenvalue weighted by atomic mass is 16.4. The maximum absolute atomic E-state index is 9.91. The second-order valence-corrected chi connectivity index (χ2v) is 2.61. The summed E-state index contributed by atoms with van der Waals surface area (Å²) >= 11 is 0. The Balaban J connectivity index is 2.15. The van der Waals surface area contributed by atoms with Crippen molar-refractivity contribution in [3.63, 3.8) is 0 Å². The van der Waals surface area contributed by atoms with Gasteiger partial charge in [-0.1, -0.05) is 12.3 Å². The summed E-state index contributed by atoms with van der Waals surface area (Å²) in [7, 11) is 0. The summed E-state index contributed by atoms with van der Waals surface area (Å²) in [6.45, 7) is 0. The number of carboxylic acid groups (broad SMARTS) is 1. The molecule has 1 aliphatic rings. The van der Waals surface area contributed by atoms with Crippen molar-refractivity contribution in [3.8, 4) is 11.8 Å². The maximum Gasteiger partial charge on any atom is 0.381 e. The number of hydrogen-bond donors (Lipinski definition) is 1. The SMILES string of the molecule is O=C(O)C#CCC1CCC1. The van der Waals surface area contributed by atoms with E-state index in [2.05, 4.69) is 11.8 Å². The van der Waals surface area contributed by atoms with Gasteiger partial charge in [-0.15, -0.1) is 0 Å². The van der Waals surface area contributed by atoms with Crippen LogP contribution in [-0.4, -0.2) is 11.1 Å². The Labute approximate surface area is 60.2 Å². The zero-order valence-corrected chi connectivity index (χ0v) is 5.76. The Morgan fingerprint density at radius 1 is 1.60 bits per heavy atom. The molecule has 10 heavy (non-hydrogen) atoms. The topological polar surface area (TPSA) is 37.3 Å². The first-order valence-corrected chi connectivity index (χ1v) is 3.51. The molecule has 0 aromatic heterocycles. The molecule has 0 aliphatic heterocycles. The van der Waals surface area contributed by atoms with Crippen LogP contribution in [-0.2, 0) is 4.79 Å². The van der Waals surface area contributed by atoms with E-state index in [4.69, 9.17) is 5.11 Å². The van der Waals surface area contributed by atoms with E-state index >= 15 is 0 Å². The Bertz CT molecular complexity index is 181. The van der Waals surface area contributed by atoms with Crippen molar-refractivity contribution in [2.45, 2.75) is 25.7 Å². The normalized spacial score (nSPS) is 16.8. The van der Waals surface area contributed by atoms with Gasteiger partial charge in [0, 0.05) is 12.3 Å². The quantitative estimate of drug-likeness (QED) is 0.554. The van der Waals surface area contributed by atoms with E-state index in [1.165, 1.54) is 19.3 Å². The van der Waals surface area contributed by atoms with Gasteiger partial charge < -0.3 is 5.11 Å². The number of hydrogen-bond acceptors (Lipinski definition) is 1. The average Bonchev–Trinajstić information content (AvgIpc) is 1.75. The summed E-state index contributed by atoms with van der Waals surface area (Å²) < 4.78 is 0. The van der Waals surface area contributed by atoms with Gasteiger partial charge in [0.2, 0.25) is 0 Å². The van der Waals surface area contributed by atoms with Gasteiger partial charge >= 0.3 is 5.97 Å². The van der Waals surface area contributed by atoms with Crippen LogP contribution in [0.2, 0.25) is 0 Å². The third-order valence-corrected chi connectivity index (χ3v) is 1.81. The first-order valence-electron chi connectivity index (χ1n) is 3.51. The van der Waals surface area contributed by atoms with Gasteiger partial charge in [-0.2, -0.15) is 0 Å². The third-order valence-electron chi connectivity index (χ3n) is 1.81. The molecular formula is C8H10O2. The summed E-state index contributed by atoms with van der Waals surface area (Å²) in [6, 6.07) is 0. The molecule has 0 radical (unpaired) electrons. The highest BCUT2D eigenvalue weighted by Crippen LogP contribution is 2.28. The smallest absolute Gasteiger partial charge is 0.381 e. The second-order valence-electron chi connectivity index (χ2n) is 2.61. The Morgan fingerprint density at radius 2 is 2.30 bits per heavy atom. The fourth-order valence-corrected chi connectivity index (χ4v) is 0.968. The largest absolute Gasteiger partial charge is 0.472 e.